The van der Waals surface area contributed by atoms with Crippen molar-refractivity contribution >= 4 is 70.6 Å². The number of rotatable bonds is 15. The van der Waals surface area contributed by atoms with E-state index in [1.165, 1.54) is 82.8 Å². The topological polar surface area (TPSA) is 290 Å². The quantitative estimate of drug-likeness (QED) is 0.135. The molecule has 23 nitrogen and oxygen atoms in total. The second-order valence-corrected chi connectivity index (χ2v) is 26.5. The number of hydrogen-bond acceptors (Lipinski definition) is 13. The molecule has 86 heavy (non-hydrogen) atoms. The van der Waals surface area contributed by atoms with Crippen molar-refractivity contribution < 1.29 is 57.5 Å². The lowest BCUT2D eigenvalue weighted by Gasteiger charge is -2.41. The van der Waals surface area contributed by atoms with Crippen molar-refractivity contribution in [1.29, 1.82) is 0 Å². The summed E-state index contributed by atoms with van der Waals surface area (Å²) >= 11 is 0. The first-order chi connectivity index (χ1) is 39.6. The zero-order valence-electron chi connectivity index (χ0n) is 56.6. The lowest BCUT2D eigenvalue weighted by Crippen LogP contribution is -2.61. The lowest BCUT2D eigenvalue weighted by atomic mass is 9.84. The standard InChI is InChI=1S/C63H111N11O12/c1-25-26-27-40(14)54(77)53-49(75)32-44(37(8)9)59(82)68(18)33-50(76)69(19)45(28-34(2)3)57(80)67-51(38(10)11)62(85)70(20)46(31-41(15)64)56(79)65-42(16)55(78)66-43(17)58(81)71(21)47(29-35(4)5)60(83)72(22)48(30-36(6)7)61(84)73(23)52(39(12)13)63(86)74(53)24/h25-26,34-48,51-53H,27-33,64H2,1-24H3,(H,65,79)(H,66,78)(H,67,80)/t40-,41?,42+,43+,44+,45+,46+,47+,48+,51+,52?,53-/m1/s1. The molecule has 0 aromatic heterocycles. The van der Waals surface area contributed by atoms with E-state index in [9.17, 15) is 47.9 Å². The summed E-state index contributed by atoms with van der Waals surface area (Å²) in [4.78, 5) is 184. The Hall–Kier alpha value is -6.26. The van der Waals surface area contributed by atoms with E-state index in [1.807, 2.05) is 41.5 Å². The van der Waals surface area contributed by atoms with Crippen LogP contribution >= 0.6 is 0 Å². The molecule has 1 aliphatic heterocycles. The summed E-state index contributed by atoms with van der Waals surface area (Å²) in [6, 6.07) is -12.1. The summed E-state index contributed by atoms with van der Waals surface area (Å²) in [5.41, 5.74) is 6.24. The van der Waals surface area contributed by atoms with Gasteiger partial charge in [0, 0.05) is 73.6 Å². The van der Waals surface area contributed by atoms with Crippen molar-refractivity contribution in [2.24, 2.45) is 53.1 Å². The van der Waals surface area contributed by atoms with Crippen molar-refractivity contribution in [3.8, 4) is 0 Å². The Labute approximate surface area is 514 Å². The van der Waals surface area contributed by atoms with E-state index in [0.29, 0.717) is 0 Å². The Morgan fingerprint density at radius 3 is 1.40 bits per heavy atom. The number of nitrogens with zero attached hydrogens (tertiary/aromatic N) is 7. The zero-order valence-corrected chi connectivity index (χ0v) is 56.6. The first kappa shape index (κ1) is 77.8. The van der Waals surface area contributed by atoms with Gasteiger partial charge >= 0.3 is 0 Å². The normalized spacial score (nSPS) is 26.8. The maximum absolute atomic E-state index is 15.2. The van der Waals surface area contributed by atoms with Crippen LogP contribution in [0.2, 0.25) is 0 Å². The third-order valence-electron chi connectivity index (χ3n) is 16.3. The molecule has 1 saturated heterocycles. The predicted octanol–water partition coefficient (Wildman–Crippen LogP) is 3.50. The van der Waals surface area contributed by atoms with Crippen LogP contribution in [0.25, 0.3) is 0 Å². The Balaban J connectivity index is 4.37. The van der Waals surface area contributed by atoms with Gasteiger partial charge in [-0.25, -0.2) is 0 Å². The van der Waals surface area contributed by atoms with Crippen molar-refractivity contribution in [2.75, 3.05) is 55.9 Å². The minimum absolute atomic E-state index is 0.0615. The highest BCUT2D eigenvalue weighted by Crippen LogP contribution is 2.27. The summed E-state index contributed by atoms with van der Waals surface area (Å²) in [5.74, 6) is -12.1. The molecule has 0 radical (unpaired) electrons. The van der Waals surface area contributed by atoms with E-state index in [1.54, 1.807) is 74.5 Å². The van der Waals surface area contributed by atoms with Gasteiger partial charge in [0.05, 0.1) is 6.54 Å². The zero-order chi connectivity index (χ0) is 66.8. The minimum Gasteiger partial charge on any atom is -0.343 e. The van der Waals surface area contributed by atoms with Crippen LogP contribution in [0.15, 0.2) is 12.2 Å². The summed E-state index contributed by atoms with van der Waals surface area (Å²) in [5, 5.41) is 8.13. The molecular weight excluding hydrogens is 1100 g/mol. The van der Waals surface area contributed by atoms with Crippen molar-refractivity contribution in [3.63, 3.8) is 0 Å². The number of nitrogens with two attached hydrogens (primary N) is 1. The fourth-order valence-electron chi connectivity index (χ4n) is 10.9. The van der Waals surface area contributed by atoms with E-state index in [4.69, 9.17) is 5.73 Å². The lowest BCUT2D eigenvalue weighted by molar-refractivity contribution is -0.157. The molecule has 490 valence electrons. The molecule has 0 aliphatic carbocycles. The van der Waals surface area contributed by atoms with E-state index >= 15 is 9.59 Å². The third-order valence-corrected chi connectivity index (χ3v) is 16.3. The van der Waals surface area contributed by atoms with Gasteiger partial charge in [-0.1, -0.05) is 102 Å². The minimum atomic E-state index is -1.71. The fourth-order valence-corrected chi connectivity index (χ4v) is 10.9. The molecule has 0 aromatic carbocycles. The van der Waals surface area contributed by atoms with E-state index in [2.05, 4.69) is 16.0 Å². The van der Waals surface area contributed by atoms with Crippen LogP contribution in [0.1, 0.15) is 156 Å². The van der Waals surface area contributed by atoms with Gasteiger partial charge in [0.25, 0.3) is 0 Å². The molecule has 1 heterocycles. The molecular formula is C63H111N11O12. The van der Waals surface area contributed by atoms with Gasteiger partial charge in [0.15, 0.2) is 11.6 Å². The van der Waals surface area contributed by atoms with Gasteiger partial charge in [0.2, 0.25) is 59.1 Å². The van der Waals surface area contributed by atoms with Crippen molar-refractivity contribution in [1.82, 2.24) is 50.2 Å². The number of allylic oxidation sites excluding steroid dienone is 2. The highest BCUT2D eigenvalue weighted by molar-refractivity contribution is 6.11. The smallest absolute Gasteiger partial charge is 0.246 e. The predicted molar refractivity (Wildman–Crippen MR) is 332 cm³/mol. The van der Waals surface area contributed by atoms with Crippen LogP contribution in [0.3, 0.4) is 0 Å². The fraction of sp³-hybridized carbons (Fsp3) is 0.778. The molecule has 1 aliphatic rings. The SMILES string of the molecule is CC=CC[C@@H](C)C(=O)[C@H]1C(=O)C[C@@H](C(C)C)C(=O)N(C)CC(=O)N(C)[C@@H](CC(C)C)C(=O)N[C@@H](C(C)C)C(=O)N(C)[C@@H](CC(C)N)C(=O)N[C@@H](C)C(=O)N[C@@H](C)C(=O)N(C)[C@@H](CC(C)C)C(=O)N(C)[C@@H](CC(C)C)C(=O)N(C)C(C(C)C)C(=O)N1C. The average molecular weight is 1210 g/mol. The molecule has 12 atom stereocenters. The number of carbonyl (C=O) groups excluding carboxylic acids is 12. The average Bonchev–Trinajstić information content (AvgIpc) is 2.16. The third kappa shape index (κ3) is 21.6. The Morgan fingerprint density at radius 1 is 0.500 bits per heavy atom. The second-order valence-electron chi connectivity index (χ2n) is 26.5. The van der Waals surface area contributed by atoms with Crippen LogP contribution in [0, 0.1) is 47.3 Å². The maximum Gasteiger partial charge on any atom is 0.246 e. The van der Waals surface area contributed by atoms with Crippen LogP contribution < -0.4 is 21.7 Å². The first-order valence-corrected chi connectivity index (χ1v) is 30.8. The first-order valence-electron chi connectivity index (χ1n) is 30.8. The number of amides is 10. The number of nitrogens with one attached hydrogen (secondary N) is 3. The van der Waals surface area contributed by atoms with Gasteiger partial charge in [-0.15, -0.1) is 0 Å². The van der Waals surface area contributed by atoms with Gasteiger partial charge in [-0.3, -0.25) is 57.5 Å². The van der Waals surface area contributed by atoms with E-state index in [-0.39, 0.29) is 49.9 Å². The van der Waals surface area contributed by atoms with Crippen LogP contribution in [0.5, 0.6) is 0 Å². The van der Waals surface area contributed by atoms with Crippen LogP contribution in [-0.2, 0) is 57.5 Å². The molecule has 1 rings (SSSR count). The van der Waals surface area contributed by atoms with Gasteiger partial charge in [-0.05, 0) is 95.3 Å². The molecule has 1 fully saturated rings. The molecule has 5 N–H and O–H groups in total. The Bertz CT molecular complexity index is 2410. The molecule has 0 saturated carbocycles. The van der Waals surface area contributed by atoms with E-state index in [0.717, 1.165) is 14.7 Å². The number of carbonyl (C=O) groups is 12. The summed E-state index contributed by atoms with van der Waals surface area (Å²) in [6.45, 7) is 28.8. The molecule has 10 amide bonds. The van der Waals surface area contributed by atoms with Crippen LogP contribution in [-0.4, -0.2) is 221 Å². The molecule has 23 heteroatoms. The van der Waals surface area contributed by atoms with Crippen molar-refractivity contribution in [3.05, 3.63) is 12.2 Å². The monoisotopic (exact) mass is 1210 g/mol. The summed E-state index contributed by atoms with van der Waals surface area (Å²) < 4.78 is 0. The van der Waals surface area contributed by atoms with Gasteiger partial charge < -0.3 is 56.0 Å². The number of ketones is 2. The van der Waals surface area contributed by atoms with E-state index < -0.39 is 174 Å². The van der Waals surface area contributed by atoms with Crippen LogP contribution in [0.4, 0.5) is 0 Å². The molecule has 0 spiro atoms. The maximum atomic E-state index is 15.2. The summed E-state index contributed by atoms with van der Waals surface area (Å²) in [6.07, 6.45) is 3.60. The Morgan fingerprint density at radius 2 is 0.942 bits per heavy atom. The summed E-state index contributed by atoms with van der Waals surface area (Å²) in [7, 11) is 9.82. The van der Waals surface area contributed by atoms with Gasteiger partial charge in [0.1, 0.15) is 54.4 Å². The largest absolute Gasteiger partial charge is 0.343 e. The molecule has 0 bridgehead atoms. The number of hydrogen-bond donors (Lipinski definition) is 4. The highest BCUT2D eigenvalue weighted by Gasteiger charge is 2.46. The number of likely N-dealkylation sites (N-methyl/N-ethyl adjacent to an activating group) is 7. The highest BCUT2D eigenvalue weighted by atomic mass is 16.2. The number of Topliss-reactive ketones (excluding diaryl/α,β-unsaturated/α-hetero) is 2. The Kier molecular flexibility index (Phi) is 31.6. The second kappa shape index (κ2) is 34.9. The molecule has 2 unspecified atom stereocenters. The van der Waals surface area contributed by atoms with Gasteiger partial charge in [-0.2, -0.15) is 0 Å². The molecule has 0 aromatic rings. The van der Waals surface area contributed by atoms with Crippen molar-refractivity contribution in [2.45, 2.75) is 217 Å².